The number of hydrogen-bond acceptors (Lipinski definition) is 3. The highest BCUT2D eigenvalue weighted by atomic mass is 15.2. The van der Waals surface area contributed by atoms with Gasteiger partial charge in [-0.25, -0.2) is 4.98 Å². The highest BCUT2D eigenvalue weighted by molar-refractivity contribution is 6.03. The third-order valence-electron chi connectivity index (χ3n) is 1.70. The van der Waals surface area contributed by atoms with Gasteiger partial charge in [0.25, 0.3) is 0 Å². The Kier molecular flexibility index (Phi) is 3.34. The Morgan fingerprint density at radius 1 is 1.57 bits per heavy atom. The molecular weight excluding hydrogens is 176 g/mol. The Morgan fingerprint density at radius 3 is 2.79 bits per heavy atom. The molecule has 0 aliphatic rings. The van der Waals surface area contributed by atoms with Gasteiger partial charge in [-0.2, -0.15) is 5.10 Å². The molecule has 0 saturated carbocycles. The van der Waals surface area contributed by atoms with Crippen molar-refractivity contribution in [2.75, 3.05) is 0 Å². The van der Waals surface area contributed by atoms with Crippen molar-refractivity contribution in [3.05, 3.63) is 30.4 Å². The SMILES string of the molecule is C=CC(=N)/C=C\c1n[nH]c(C(C)C)n1. The molecule has 1 aromatic heterocycles. The van der Waals surface area contributed by atoms with Gasteiger partial charge in [-0.15, -0.1) is 0 Å². The quantitative estimate of drug-likeness (QED) is 0.714. The summed E-state index contributed by atoms with van der Waals surface area (Å²) in [6.07, 6.45) is 4.76. The first-order valence-corrected chi connectivity index (χ1v) is 4.45. The molecule has 0 fully saturated rings. The summed E-state index contributed by atoms with van der Waals surface area (Å²) in [6.45, 7) is 7.56. The third-order valence-corrected chi connectivity index (χ3v) is 1.70. The van der Waals surface area contributed by atoms with E-state index in [1.54, 1.807) is 12.2 Å². The molecule has 0 amide bonds. The van der Waals surface area contributed by atoms with Crippen LogP contribution >= 0.6 is 0 Å². The summed E-state index contributed by atoms with van der Waals surface area (Å²) < 4.78 is 0. The number of rotatable bonds is 4. The fraction of sp³-hybridized carbons (Fsp3) is 0.300. The van der Waals surface area contributed by atoms with Gasteiger partial charge in [-0.3, -0.25) is 5.10 Å². The van der Waals surface area contributed by atoms with E-state index in [1.807, 2.05) is 13.8 Å². The minimum Gasteiger partial charge on any atom is -0.301 e. The van der Waals surface area contributed by atoms with Crippen molar-refractivity contribution in [1.82, 2.24) is 15.2 Å². The van der Waals surface area contributed by atoms with Crippen molar-refractivity contribution in [1.29, 1.82) is 5.41 Å². The summed E-state index contributed by atoms with van der Waals surface area (Å²) in [5.74, 6) is 1.79. The van der Waals surface area contributed by atoms with Gasteiger partial charge in [0.1, 0.15) is 5.82 Å². The Morgan fingerprint density at radius 2 is 2.29 bits per heavy atom. The summed E-state index contributed by atoms with van der Waals surface area (Å²) in [6, 6.07) is 0. The predicted molar refractivity (Wildman–Crippen MR) is 57.4 cm³/mol. The van der Waals surface area contributed by atoms with Gasteiger partial charge in [-0.05, 0) is 18.2 Å². The van der Waals surface area contributed by atoms with Crippen LogP contribution in [-0.2, 0) is 0 Å². The van der Waals surface area contributed by atoms with E-state index >= 15 is 0 Å². The minimum atomic E-state index is 0.337. The zero-order chi connectivity index (χ0) is 10.6. The number of aromatic amines is 1. The van der Waals surface area contributed by atoms with E-state index in [2.05, 4.69) is 21.8 Å². The second kappa shape index (κ2) is 4.50. The van der Waals surface area contributed by atoms with Crippen molar-refractivity contribution in [2.24, 2.45) is 0 Å². The fourth-order valence-corrected chi connectivity index (χ4v) is 0.853. The number of nitrogens with one attached hydrogen (secondary N) is 2. The molecule has 74 valence electrons. The lowest BCUT2D eigenvalue weighted by Gasteiger charge is -1.94. The van der Waals surface area contributed by atoms with E-state index < -0.39 is 0 Å². The molecule has 2 N–H and O–H groups in total. The van der Waals surface area contributed by atoms with Gasteiger partial charge in [0, 0.05) is 5.92 Å². The van der Waals surface area contributed by atoms with Crippen LogP contribution in [-0.4, -0.2) is 20.9 Å². The molecule has 1 aromatic rings. The molecule has 0 unspecified atom stereocenters. The van der Waals surface area contributed by atoms with Gasteiger partial charge < -0.3 is 5.41 Å². The van der Waals surface area contributed by atoms with Crippen molar-refractivity contribution < 1.29 is 0 Å². The maximum absolute atomic E-state index is 7.31. The number of allylic oxidation sites excluding steroid dienone is 2. The molecule has 0 aliphatic carbocycles. The molecule has 0 radical (unpaired) electrons. The molecule has 0 bridgehead atoms. The van der Waals surface area contributed by atoms with E-state index in [4.69, 9.17) is 5.41 Å². The zero-order valence-electron chi connectivity index (χ0n) is 8.41. The van der Waals surface area contributed by atoms with Crippen LogP contribution in [0.15, 0.2) is 18.7 Å². The highest BCUT2D eigenvalue weighted by Gasteiger charge is 2.03. The van der Waals surface area contributed by atoms with Crippen LogP contribution in [0.1, 0.15) is 31.4 Å². The lowest BCUT2D eigenvalue weighted by molar-refractivity contribution is 0.781. The molecule has 0 atom stereocenters. The normalized spacial score (nSPS) is 11.1. The van der Waals surface area contributed by atoms with Crippen LogP contribution in [0.3, 0.4) is 0 Å². The molecule has 1 rings (SSSR count). The summed E-state index contributed by atoms with van der Waals surface area (Å²) >= 11 is 0. The van der Waals surface area contributed by atoms with Crippen molar-refractivity contribution in [3.63, 3.8) is 0 Å². The van der Waals surface area contributed by atoms with Gasteiger partial charge in [-0.1, -0.05) is 20.4 Å². The van der Waals surface area contributed by atoms with Crippen molar-refractivity contribution in [2.45, 2.75) is 19.8 Å². The average molecular weight is 190 g/mol. The highest BCUT2D eigenvalue weighted by Crippen LogP contribution is 2.07. The third kappa shape index (κ3) is 2.65. The standard InChI is InChI=1S/C10H14N4/c1-4-8(11)5-6-9-12-10(7(2)3)14-13-9/h4-7,11H,1H2,2-3H3,(H,12,13,14)/b6-5-,11-8?. The van der Waals surface area contributed by atoms with E-state index in [9.17, 15) is 0 Å². The minimum absolute atomic E-state index is 0.337. The summed E-state index contributed by atoms with van der Waals surface area (Å²) in [5.41, 5.74) is 0.348. The summed E-state index contributed by atoms with van der Waals surface area (Å²) in [7, 11) is 0. The topological polar surface area (TPSA) is 65.4 Å². The molecule has 4 heteroatoms. The maximum atomic E-state index is 7.31. The lowest BCUT2D eigenvalue weighted by Crippen LogP contribution is -1.89. The molecule has 0 aromatic carbocycles. The Labute approximate surface area is 83.3 Å². The monoisotopic (exact) mass is 190 g/mol. The van der Waals surface area contributed by atoms with Crippen LogP contribution in [0, 0.1) is 5.41 Å². The second-order valence-electron chi connectivity index (χ2n) is 3.23. The number of aromatic nitrogens is 3. The van der Waals surface area contributed by atoms with Crippen LogP contribution in [0.25, 0.3) is 6.08 Å². The number of nitrogens with zero attached hydrogens (tertiary/aromatic N) is 2. The summed E-state index contributed by atoms with van der Waals surface area (Å²) in [4.78, 5) is 4.23. The smallest absolute Gasteiger partial charge is 0.173 e. The first kappa shape index (κ1) is 10.4. The Balaban J connectivity index is 2.73. The van der Waals surface area contributed by atoms with Gasteiger partial charge in [0.05, 0.1) is 5.71 Å². The largest absolute Gasteiger partial charge is 0.301 e. The number of H-pyrrole nitrogens is 1. The van der Waals surface area contributed by atoms with Gasteiger partial charge in [0.15, 0.2) is 5.82 Å². The van der Waals surface area contributed by atoms with Gasteiger partial charge in [0.2, 0.25) is 0 Å². The van der Waals surface area contributed by atoms with E-state index in [0.29, 0.717) is 17.5 Å². The van der Waals surface area contributed by atoms with Gasteiger partial charge >= 0.3 is 0 Å². The van der Waals surface area contributed by atoms with E-state index in [1.165, 1.54) is 6.08 Å². The van der Waals surface area contributed by atoms with Crippen LogP contribution in [0.4, 0.5) is 0 Å². The zero-order valence-corrected chi connectivity index (χ0v) is 8.41. The molecule has 0 spiro atoms. The van der Waals surface area contributed by atoms with E-state index in [-0.39, 0.29) is 0 Å². The molecule has 1 heterocycles. The predicted octanol–water partition coefficient (Wildman–Crippen LogP) is 2.15. The maximum Gasteiger partial charge on any atom is 0.173 e. The fourth-order valence-electron chi connectivity index (χ4n) is 0.853. The Hall–Kier alpha value is -1.71. The van der Waals surface area contributed by atoms with Crippen LogP contribution < -0.4 is 0 Å². The molecule has 0 saturated heterocycles. The van der Waals surface area contributed by atoms with Crippen molar-refractivity contribution >= 4 is 11.8 Å². The van der Waals surface area contributed by atoms with Crippen LogP contribution in [0.5, 0.6) is 0 Å². The molecule has 4 nitrogen and oxygen atoms in total. The molecule has 0 aliphatic heterocycles. The van der Waals surface area contributed by atoms with Crippen LogP contribution in [0.2, 0.25) is 0 Å². The van der Waals surface area contributed by atoms with Crippen molar-refractivity contribution in [3.8, 4) is 0 Å². The van der Waals surface area contributed by atoms with E-state index in [0.717, 1.165) is 5.82 Å². The summed E-state index contributed by atoms with van der Waals surface area (Å²) in [5, 5.41) is 14.1. The first-order chi connectivity index (χ1) is 6.63. The first-order valence-electron chi connectivity index (χ1n) is 4.45. The molecule has 14 heavy (non-hydrogen) atoms. The second-order valence-corrected chi connectivity index (χ2v) is 3.23. The number of hydrogen-bond donors (Lipinski definition) is 2. The average Bonchev–Trinajstić information content (AvgIpc) is 2.62. The molecular formula is C10H14N4. The Bertz CT molecular complexity index is 360. The lowest BCUT2D eigenvalue weighted by atomic mass is 10.2.